The molecule has 0 aliphatic carbocycles. The number of hydrogen-bond acceptors (Lipinski definition) is 3. The zero-order valence-electron chi connectivity index (χ0n) is 11.4. The van der Waals surface area contributed by atoms with Gasteiger partial charge in [-0.3, -0.25) is 4.72 Å². The number of benzene rings is 2. The summed E-state index contributed by atoms with van der Waals surface area (Å²) in [7, 11) is -4.00. The third-order valence-electron chi connectivity index (χ3n) is 3.11. The molecule has 0 saturated carbocycles. The number of nitrogens with one attached hydrogen (secondary N) is 1. The topological polar surface area (TPSA) is 72.2 Å². The minimum Gasteiger partial charge on any atom is -0.398 e. The molecule has 7 heteroatoms. The van der Waals surface area contributed by atoms with Gasteiger partial charge in [0, 0.05) is 0 Å². The van der Waals surface area contributed by atoms with Crippen molar-refractivity contribution in [3.63, 3.8) is 0 Å². The summed E-state index contributed by atoms with van der Waals surface area (Å²) < 4.78 is 40.7. The average molecular weight is 329 g/mol. The summed E-state index contributed by atoms with van der Waals surface area (Å²) in [5.41, 5.74) is 7.29. The Morgan fingerprint density at radius 3 is 2.48 bits per heavy atom. The Morgan fingerprint density at radius 2 is 1.81 bits per heavy atom. The van der Waals surface area contributed by atoms with Crippen LogP contribution in [0.4, 0.5) is 15.8 Å². The third-order valence-corrected chi connectivity index (χ3v) is 4.82. The van der Waals surface area contributed by atoms with E-state index in [0.29, 0.717) is 0 Å². The fourth-order valence-electron chi connectivity index (χ4n) is 1.83. The van der Waals surface area contributed by atoms with E-state index < -0.39 is 15.8 Å². The predicted octanol–water partition coefficient (Wildman–Crippen LogP) is 3.48. The Kier molecular flexibility index (Phi) is 4.11. The summed E-state index contributed by atoms with van der Waals surface area (Å²) >= 11 is 5.63. The zero-order valence-corrected chi connectivity index (χ0v) is 13.0. The van der Waals surface area contributed by atoms with Gasteiger partial charge in [-0.15, -0.1) is 0 Å². The molecule has 0 unspecified atom stereocenters. The van der Waals surface area contributed by atoms with Gasteiger partial charge >= 0.3 is 0 Å². The highest BCUT2D eigenvalue weighted by atomic mass is 35.5. The monoisotopic (exact) mass is 328 g/mol. The number of nitrogens with two attached hydrogens (primary N) is 1. The molecule has 3 N–H and O–H groups in total. The SMILES string of the molecule is Cc1cc(N)c(S(=O)(=O)Nc2cccc(Cl)c2F)cc1C. The van der Waals surface area contributed by atoms with Crippen LogP contribution in [0.1, 0.15) is 11.1 Å². The molecule has 0 aliphatic heterocycles. The van der Waals surface area contributed by atoms with Crippen LogP contribution in [0.3, 0.4) is 0 Å². The lowest BCUT2D eigenvalue weighted by molar-refractivity contribution is 0.599. The van der Waals surface area contributed by atoms with Crippen molar-refractivity contribution in [2.45, 2.75) is 18.7 Å². The zero-order chi connectivity index (χ0) is 15.8. The summed E-state index contributed by atoms with van der Waals surface area (Å²) in [4.78, 5) is -0.0926. The lowest BCUT2D eigenvalue weighted by Crippen LogP contribution is -2.16. The van der Waals surface area contributed by atoms with Crippen molar-refractivity contribution < 1.29 is 12.8 Å². The maximum Gasteiger partial charge on any atom is 0.264 e. The van der Waals surface area contributed by atoms with Crippen LogP contribution in [-0.2, 0) is 10.0 Å². The van der Waals surface area contributed by atoms with Crippen LogP contribution in [0, 0.1) is 19.7 Å². The highest BCUT2D eigenvalue weighted by Crippen LogP contribution is 2.28. The molecule has 0 bridgehead atoms. The van der Waals surface area contributed by atoms with E-state index >= 15 is 0 Å². The number of halogens is 2. The fraction of sp³-hybridized carbons (Fsp3) is 0.143. The van der Waals surface area contributed by atoms with E-state index in [1.807, 2.05) is 6.92 Å². The summed E-state index contributed by atoms with van der Waals surface area (Å²) in [6, 6.07) is 7.09. The molecule has 4 nitrogen and oxygen atoms in total. The number of rotatable bonds is 3. The van der Waals surface area contributed by atoms with Crippen molar-refractivity contribution in [2.24, 2.45) is 0 Å². The minimum absolute atomic E-state index is 0.0926. The lowest BCUT2D eigenvalue weighted by Gasteiger charge is -2.13. The van der Waals surface area contributed by atoms with E-state index in [1.165, 1.54) is 24.3 Å². The number of hydrogen-bond donors (Lipinski definition) is 2. The molecule has 21 heavy (non-hydrogen) atoms. The summed E-state index contributed by atoms with van der Waals surface area (Å²) in [6.45, 7) is 3.60. The van der Waals surface area contributed by atoms with E-state index in [4.69, 9.17) is 17.3 Å². The van der Waals surface area contributed by atoms with Gasteiger partial charge in [-0.05, 0) is 49.2 Å². The molecule has 0 fully saturated rings. The molecule has 2 aromatic carbocycles. The van der Waals surface area contributed by atoms with Crippen LogP contribution in [0.25, 0.3) is 0 Å². The van der Waals surface area contributed by atoms with Crippen molar-refractivity contribution in [1.29, 1.82) is 0 Å². The van der Waals surface area contributed by atoms with Crippen molar-refractivity contribution >= 4 is 33.0 Å². The van der Waals surface area contributed by atoms with E-state index in [9.17, 15) is 12.8 Å². The number of sulfonamides is 1. The van der Waals surface area contributed by atoms with Gasteiger partial charge in [-0.2, -0.15) is 0 Å². The Labute approximate surface area is 127 Å². The lowest BCUT2D eigenvalue weighted by atomic mass is 10.1. The number of anilines is 2. The molecular formula is C14H14ClFN2O2S. The van der Waals surface area contributed by atoms with E-state index in [-0.39, 0.29) is 21.3 Å². The minimum atomic E-state index is -4.00. The van der Waals surface area contributed by atoms with Crippen molar-refractivity contribution in [2.75, 3.05) is 10.5 Å². The van der Waals surface area contributed by atoms with Gasteiger partial charge < -0.3 is 5.73 Å². The molecule has 0 heterocycles. The van der Waals surface area contributed by atoms with Crippen LogP contribution in [0.5, 0.6) is 0 Å². The highest BCUT2D eigenvalue weighted by Gasteiger charge is 2.20. The summed E-state index contributed by atoms with van der Waals surface area (Å²) in [5, 5.41) is -0.164. The second-order valence-corrected chi connectivity index (χ2v) is 6.74. The van der Waals surface area contributed by atoms with Crippen LogP contribution in [0.15, 0.2) is 35.2 Å². The second-order valence-electron chi connectivity index (χ2n) is 4.68. The van der Waals surface area contributed by atoms with E-state index in [1.54, 1.807) is 13.0 Å². The fourth-order valence-corrected chi connectivity index (χ4v) is 3.26. The summed E-state index contributed by atoms with van der Waals surface area (Å²) in [6.07, 6.45) is 0. The largest absolute Gasteiger partial charge is 0.398 e. The van der Waals surface area contributed by atoms with Gasteiger partial charge in [0.2, 0.25) is 0 Å². The van der Waals surface area contributed by atoms with Crippen LogP contribution >= 0.6 is 11.6 Å². The molecule has 0 spiro atoms. The number of nitrogen functional groups attached to an aromatic ring is 1. The average Bonchev–Trinajstić information content (AvgIpc) is 2.39. The highest BCUT2D eigenvalue weighted by molar-refractivity contribution is 7.92. The number of aryl methyl sites for hydroxylation is 2. The standard InChI is InChI=1S/C14H14ClFN2O2S/c1-8-6-11(17)13(7-9(8)2)21(19,20)18-12-5-3-4-10(15)14(12)16/h3-7,18H,17H2,1-2H3. The molecule has 0 atom stereocenters. The maximum absolute atomic E-state index is 13.8. The molecule has 0 aliphatic rings. The smallest absolute Gasteiger partial charge is 0.264 e. The first-order valence-electron chi connectivity index (χ1n) is 6.06. The molecule has 0 radical (unpaired) electrons. The molecule has 0 saturated heterocycles. The van der Waals surface area contributed by atoms with E-state index in [0.717, 1.165) is 11.1 Å². The van der Waals surface area contributed by atoms with Crippen LogP contribution in [0.2, 0.25) is 5.02 Å². The predicted molar refractivity (Wildman–Crippen MR) is 82.5 cm³/mol. The molecule has 2 rings (SSSR count). The molecule has 2 aromatic rings. The molecule has 112 valence electrons. The van der Waals surface area contributed by atoms with Crippen molar-refractivity contribution in [3.05, 3.63) is 52.3 Å². The second kappa shape index (κ2) is 5.54. The normalized spacial score (nSPS) is 11.4. The van der Waals surface area contributed by atoms with Gasteiger partial charge in [0.25, 0.3) is 10.0 Å². The first-order valence-corrected chi connectivity index (χ1v) is 7.92. The Balaban J connectivity index is 2.48. The molecule has 0 aromatic heterocycles. The third kappa shape index (κ3) is 3.11. The van der Waals surface area contributed by atoms with Crippen LogP contribution < -0.4 is 10.5 Å². The molecular weight excluding hydrogens is 315 g/mol. The Morgan fingerprint density at radius 1 is 1.19 bits per heavy atom. The van der Waals surface area contributed by atoms with Gasteiger partial charge in [0.1, 0.15) is 4.90 Å². The van der Waals surface area contributed by atoms with Gasteiger partial charge in [-0.1, -0.05) is 17.7 Å². The Bertz CT molecular complexity index is 807. The van der Waals surface area contributed by atoms with Gasteiger partial charge in [-0.25, -0.2) is 12.8 Å². The van der Waals surface area contributed by atoms with Gasteiger partial charge in [0.15, 0.2) is 5.82 Å². The van der Waals surface area contributed by atoms with Gasteiger partial charge in [0.05, 0.1) is 16.4 Å². The quantitative estimate of drug-likeness (QED) is 0.847. The van der Waals surface area contributed by atoms with E-state index in [2.05, 4.69) is 4.72 Å². The maximum atomic E-state index is 13.8. The first kappa shape index (κ1) is 15.6. The Hall–Kier alpha value is -1.79. The first-order chi connectivity index (χ1) is 9.72. The van der Waals surface area contributed by atoms with Crippen LogP contribution in [-0.4, -0.2) is 8.42 Å². The summed E-state index contributed by atoms with van der Waals surface area (Å²) in [5.74, 6) is -0.829. The van der Waals surface area contributed by atoms with Crippen molar-refractivity contribution in [1.82, 2.24) is 0 Å². The molecule has 0 amide bonds. The van der Waals surface area contributed by atoms with Crippen molar-refractivity contribution in [3.8, 4) is 0 Å².